The monoisotopic (exact) mass is 600 g/mol. The number of benzene rings is 5. The van der Waals surface area contributed by atoms with E-state index in [0.29, 0.717) is 16.5 Å². The first-order chi connectivity index (χ1) is 20.5. The first-order valence-electron chi connectivity index (χ1n) is 12.7. The molecule has 0 aromatic heterocycles. The Morgan fingerprint density at radius 3 is 1.00 bits per heavy atom. The van der Waals surface area contributed by atoms with Crippen molar-refractivity contribution in [2.24, 2.45) is 5.10 Å². The van der Waals surface area contributed by atoms with E-state index in [1.807, 2.05) is 0 Å². The number of nitrogens with two attached hydrogens (primary N) is 1. The predicted molar refractivity (Wildman–Crippen MR) is 144 cm³/mol. The van der Waals surface area contributed by atoms with E-state index in [2.05, 4.69) is 5.10 Å². The molecular formula is C31H18BF9N2. The first kappa shape index (κ1) is 29.7. The van der Waals surface area contributed by atoms with Crippen molar-refractivity contribution in [3.63, 3.8) is 0 Å². The highest BCUT2D eigenvalue weighted by Crippen LogP contribution is 2.18. The third-order valence-electron chi connectivity index (χ3n) is 7.02. The molecule has 0 bridgehead atoms. The van der Waals surface area contributed by atoms with Gasteiger partial charge in [0, 0.05) is 47.5 Å². The standard InChI is InChI=1S/C31H18BF9N2/c33-19-11-22(36)28(23(37)12-19)32(29-24(38)13-20(34)14-25(29)39,30-26(40)15-21(35)16-27(30)41)43-42-31(17-7-3-1-4-8-17)18-9-5-2-6-10-18/h1-16H,43H2. The fourth-order valence-corrected chi connectivity index (χ4v) is 5.32. The molecule has 12 heteroatoms. The topological polar surface area (TPSA) is 29.0 Å². The van der Waals surface area contributed by atoms with Crippen molar-refractivity contribution in [1.29, 1.82) is 0 Å². The molecule has 218 valence electrons. The van der Waals surface area contributed by atoms with Crippen molar-refractivity contribution in [3.05, 3.63) is 161 Å². The second kappa shape index (κ2) is 11.8. The summed E-state index contributed by atoms with van der Waals surface area (Å²) in [5.74, 6) is -15.1. The Bertz CT molecular complexity index is 1600. The van der Waals surface area contributed by atoms with Gasteiger partial charge >= 0.3 is 6.28 Å². The van der Waals surface area contributed by atoms with Gasteiger partial charge in [0.15, 0.2) is 0 Å². The summed E-state index contributed by atoms with van der Waals surface area (Å²) in [5.41, 5.74) is -3.44. The molecule has 0 atom stereocenters. The summed E-state index contributed by atoms with van der Waals surface area (Å²) in [6, 6.07) is 16.9. The van der Waals surface area contributed by atoms with Crippen molar-refractivity contribution in [2.45, 2.75) is 0 Å². The van der Waals surface area contributed by atoms with E-state index in [1.165, 1.54) is 0 Å². The van der Waals surface area contributed by atoms with E-state index in [0.717, 1.165) is 0 Å². The minimum Gasteiger partial charge on any atom is -0.391 e. The molecule has 0 aliphatic rings. The van der Waals surface area contributed by atoms with Crippen LogP contribution in [-0.2, 0) is 0 Å². The van der Waals surface area contributed by atoms with Crippen molar-refractivity contribution in [1.82, 2.24) is 0 Å². The van der Waals surface area contributed by atoms with Crippen LogP contribution in [0.2, 0.25) is 0 Å². The third-order valence-corrected chi connectivity index (χ3v) is 7.02. The molecule has 0 aliphatic carbocycles. The molecule has 0 amide bonds. The maximum atomic E-state index is 15.7. The van der Waals surface area contributed by atoms with Crippen LogP contribution in [0.4, 0.5) is 39.5 Å². The van der Waals surface area contributed by atoms with Crippen LogP contribution in [0.25, 0.3) is 0 Å². The fourth-order valence-electron chi connectivity index (χ4n) is 5.32. The zero-order chi connectivity index (χ0) is 30.9. The molecule has 5 aromatic carbocycles. The molecule has 2 N–H and O–H groups in total. The van der Waals surface area contributed by atoms with E-state index in [9.17, 15) is 13.2 Å². The van der Waals surface area contributed by atoms with Gasteiger partial charge in [0.05, 0.1) is 0 Å². The number of halogens is 9. The Balaban J connectivity index is 1.98. The van der Waals surface area contributed by atoms with E-state index in [1.54, 1.807) is 60.7 Å². The molecule has 5 aromatic rings. The second-order valence-corrected chi connectivity index (χ2v) is 9.64. The highest BCUT2D eigenvalue weighted by Gasteiger charge is 2.49. The zero-order valence-corrected chi connectivity index (χ0v) is 21.7. The Labute approximate surface area is 239 Å². The number of rotatable bonds is 7. The van der Waals surface area contributed by atoms with Gasteiger partial charge in [-0.15, -0.1) is 5.10 Å². The number of nitrogens with zero attached hydrogens (tertiary/aromatic N) is 1. The maximum Gasteiger partial charge on any atom is 0.329 e. The molecule has 0 unspecified atom stereocenters. The number of hydrogen-bond donors (Lipinski definition) is 1. The molecule has 5 rings (SSSR count). The lowest BCUT2D eigenvalue weighted by Crippen LogP contribution is -3.09. The molecule has 43 heavy (non-hydrogen) atoms. The lowest BCUT2D eigenvalue weighted by Gasteiger charge is -2.37. The van der Waals surface area contributed by atoms with Crippen LogP contribution in [-0.4, -0.2) is 12.0 Å². The molecule has 0 saturated heterocycles. The molecular weight excluding hydrogens is 582 g/mol. The van der Waals surface area contributed by atoms with Gasteiger partial charge in [-0.1, -0.05) is 77.1 Å². The van der Waals surface area contributed by atoms with Crippen LogP contribution in [0.3, 0.4) is 0 Å². The second-order valence-electron chi connectivity index (χ2n) is 9.64. The van der Waals surface area contributed by atoms with Crippen molar-refractivity contribution < 1.29 is 44.9 Å². The summed E-state index contributed by atoms with van der Waals surface area (Å²) in [6.45, 7) is 0. The molecule has 0 aliphatic heterocycles. The van der Waals surface area contributed by atoms with E-state index >= 15 is 26.3 Å². The SMILES string of the molecule is Fc1cc(F)c([B-]([NH2+]N=C(c2ccccc2)c2ccccc2)(c2c(F)cc(F)cc2F)c2c(F)cc(F)cc2F)c(F)c1. The summed E-state index contributed by atoms with van der Waals surface area (Å²) in [6.07, 6.45) is -4.40. The third kappa shape index (κ3) is 5.53. The van der Waals surface area contributed by atoms with Gasteiger partial charge in [-0.05, 0) is 0 Å². The van der Waals surface area contributed by atoms with Crippen molar-refractivity contribution in [3.8, 4) is 0 Å². The van der Waals surface area contributed by atoms with Crippen molar-refractivity contribution >= 4 is 28.4 Å². The van der Waals surface area contributed by atoms with Crippen LogP contribution in [0.1, 0.15) is 11.1 Å². The van der Waals surface area contributed by atoms with E-state index < -0.39 is 75.0 Å². The van der Waals surface area contributed by atoms with Crippen LogP contribution >= 0.6 is 0 Å². The predicted octanol–water partition coefficient (Wildman–Crippen LogP) is 4.92. The normalized spacial score (nSPS) is 11.5. The zero-order valence-electron chi connectivity index (χ0n) is 21.7. The molecule has 2 nitrogen and oxygen atoms in total. The summed E-state index contributed by atoms with van der Waals surface area (Å²) >= 11 is 0. The van der Waals surface area contributed by atoms with Crippen LogP contribution in [0, 0.1) is 52.4 Å². The molecule has 0 fully saturated rings. The van der Waals surface area contributed by atoms with Gasteiger partial charge in [-0.2, -0.15) is 0 Å². The minimum atomic E-state index is -4.40. The van der Waals surface area contributed by atoms with Gasteiger partial charge in [0.25, 0.3) is 0 Å². The Morgan fingerprint density at radius 1 is 0.442 bits per heavy atom. The van der Waals surface area contributed by atoms with Crippen LogP contribution < -0.4 is 21.7 Å². The van der Waals surface area contributed by atoms with Gasteiger partial charge in [-0.3, -0.25) is 0 Å². The molecule has 0 spiro atoms. The van der Waals surface area contributed by atoms with Gasteiger partial charge in [0.2, 0.25) is 0 Å². The van der Waals surface area contributed by atoms with Gasteiger partial charge < -0.3 is 5.34 Å². The molecule has 0 radical (unpaired) electrons. The average Bonchev–Trinajstić information content (AvgIpc) is 2.92. The lowest BCUT2D eigenvalue weighted by atomic mass is 9.24. The maximum absolute atomic E-state index is 15.7. The first-order valence-corrected chi connectivity index (χ1v) is 12.7. The Hall–Kier alpha value is -4.84. The van der Waals surface area contributed by atoms with E-state index in [4.69, 9.17) is 0 Å². The summed E-state index contributed by atoms with van der Waals surface area (Å²) < 4.78 is 136. The Kier molecular flexibility index (Phi) is 8.14. The van der Waals surface area contributed by atoms with Crippen LogP contribution in [0.5, 0.6) is 0 Å². The minimum absolute atomic E-state index is 0.0289. The van der Waals surface area contributed by atoms with E-state index in [-0.39, 0.29) is 42.1 Å². The fraction of sp³-hybridized carbons (Fsp3) is 0. The largest absolute Gasteiger partial charge is 0.391 e. The lowest BCUT2D eigenvalue weighted by molar-refractivity contribution is -0.530. The Morgan fingerprint density at radius 2 is 0.721 bits per heavy atom. The van der Waals surface area contributed by atoms with Gasteiger partial charge in [-0.25, -0.2) is 39.5 Å². The quantitative estimate of drug-likeness (QED) is 0.0905. The number of hydrogen-bond acceptors (Lipinski definition) is 1. The van der Waals surface area contributed by atoms with Crippen molar-refractivity contribution in [2.75, 3.05) is 0 Å². The van der Waals surface area contributed by atoms with Gasteiger partial charge in [0.1, 0.15) is 58.1 Å². The molecule has 0 heterocycles. The van der Waals surface area contributed by atoms with Crippen LogP contribution in [0.15, 0.2) is 102 Å². The summed E-state index contributed by atoms with van der Waals surface area (Å²) in [5, 5.41) is 4.85. The molecule has 0 saturated carbocycles. The number of quaternary nitrogens is 1. The summed E-state index contributed by atoms with van der Waals surface area (Å²) in [4.78, 5) is 0. The summed E-state index contributed by atoms with van der Waals surface area (Å²) in [7, 11) is 0. The highest BCUT2D eigenvalue weighted by molar-refractivity contribution is 7.05. The highest BCUT2D eigenvalue weighted by atomic mass is 19.2. The average molecular weight is 600 g/mol. The smallest absolute Gasteiger partial charge is 0.329 e.